The highest BCUT2D eigenvalue weighted by molar-refractivity contribution is 6.42. The zero-order chi connectivity index (χ0) is 20.5. The molecule has 5 nitrogen and oxygen atoms in total. The number of nitrogens with one attached hydrogen (secondary N) is 3. The highest BCUT2D eigenvalue weighted by Crippen LogP contribution is 2.27. The summed E-state index contributed by atoms with van der Waals surface area (Å²) < 4.78 is 0. The summed E-state index contributed by atoms with van der Waals surface area (Å²) in [4.78, 5) is 13.0. The van der Waals surface area contributed by atoms with Crippen LogP contribution < -0.4 is 21.7 Å². The maximum atomic E-state index is 13.0. The monoisotopic (exact) mass is 422 g/mol. The van der Waals surface area contributed by atoms with Gasteiger partial charge >= 0.3 is 0 Å². The van der Waals surface area contributed by atoms with Crippen molar-refractivity contribution in [3.8, 4) is 0 Å². The number of nitrogens with two attached hydrogens (primary N) is 1. The lowest BCUT2D eigenvalue weighted by Crippen LogP contribution is -2.35. The molecule has 7 heteroatoms. The molecule has 0 saturated carbocycles. The number of carbonyl (C=O) groups excluding carboxylic acids is 1. The van der Waals surface area contributed by atoms with E-state index in [9.17, 15) is 4.79 Å². The van der Waals surface area contributed by atoms with Crippen molar-refractivity contribution in [2.45, 2.75) is 32.7 Å². The SMILES string of the molecule is CCCNc1ccc(NC(=O)C(NCCN)c2ccc(Cl)c(Cl)c2)cc1CC. The number of rotatable bonds is 10. The van der Waals surface area contributed by atoms with Crippen molar-refractivity contribution < 1.29 is 4.79 Å². The Labute approximate surface area is 177 Å². The summed E-state index contributed by atoms with van der Waals surface area (Å²) in [5, 5.41) is 10.4. The minimum absolute atomic E-state index is 0.178. The molecule has 0 bridgehead atoms. The Balaban J connectivity index is 2.21. The second-order valence-electron chi connectivity index (χ2n) is 6.49. The van der Waals surface area contributed by atoms with Crippen molar-refractivity contribution in [3.63, 3.8) is 0 Å². The van der Waals surface area contributed by atoms with Crippen LogP contribution in [0.1, 0.15) is 37.4 Å². The molecule has 2 aromatic rings. The van der Waals surface area contributed by atoms with E-state index in [1.54, 1.807) is 18.2 Å². The van der Waals surface area contributed by atoms with E-state index >= 15 is 0 Å². The molecule has 28 heavy (non-hydrogen) atoms. The van der Waals surface area contributed by atoms with Gasteiger partial charge in [0.1, 0.15) is 6.04 Å². The summed E-state index contributed by atoms with van der Waals surface area (Å²) in [7, 11) is 0. The maximum Gasteiger partial charge on any atom is 0.246 e. The third-order valence-electron chi connectivity index (χ3n) is 4.35. The first kappa shape index (κ1) is 22.5. The van der Waals surface area contributed by atoms with Crippen LogP contribution in [-0.4, -0.2) is 25.5 Å². The van der Waals surface area contributed by atoms with Crippen molar-refractivity contribution in [1.29, 1.82) is 0 Å². The fourth-order valence-electron chi connectivity index (χ4n) is 2.89. The first-order valence-electron chi connectivity index (χ1n) is 9.56. The number of halogens is 2. The topological polar surface area (TPSA) is 79.2 Å². The number of anilines is 2. The van der Waals surface area contributed by atoms with E-state index in [1.807, 2.05) is 18.2 Å². The normalized spacial score (nSPS) is 11.9. The second kappa shape index (κ2) is 11.3. The van der Waals surface area contributed by atoms with Gasteiger partial charge in [-0.2, -0.15) is 0 Å². The summed E-state index contributed by atoms with van der Waals surface area (Å²) in [6.07, 6.45) is 1.93. The number of aryl methyl sites for hydroxylation is 1. The van der Waals surface area contributed by atoms with Crippen LogP contribution in [0.5, 0.6) is 0 Å². The highest BCUT2D eigenvalue weighted by Gasteiger charge is 2.21. The molecule has 0 spiro atoms. The molecule has 1 atom stereocenters. The highest BCUT2D eigenvalue weighted by atomic mass is 35.5. The number of hydrogen-bond donors (Lipinski definition) is 4. The van der Waals surface area contributed by atoms with Gasteiger partial charge in [0.2, 0.25) is 5.91 Å². The van der Waals surface area contributed by atoms with Gasteiger partial charge in [0.25, 0.3) is 0 Å². The number of benzene rings is 2. The molecule has 0 aliphatic rings. The quantitative estimate of drug-likeness (QED) is 0.450. The molecule has 0 radical (unpaired) electrons. The van der Waals surface area contributed by atoms with Gasteiger partial charge in [0.15, 0.2) is 0 Å². The van der Waals surface area contributed by atoms with Crippen molar-refractivity contribution in [3.05, 3.63) is 57.6 Å². The molecular weight excluding hydrogens is 395 g/mol. The minimum Gasteiger partial charge on any atom is -0.385 e. The van der Waals surface area contributed by atoms with Crippen molar-refractivity contribution in [2.24, 2.45) is 5.73 Å². The molecule has 1 amide bonds. The standard InChI is InChI=1S/C21H28Cl2N4O/c1-3-10-25-19-8-6-16(12-14(19)4-2)27-21(28)20(26-11-9-24)15-5-7-17(22)18(23)13-15/h5-8,12-13,20,25-26H,3-4,9-11,24H2,1-2H3,(H,27,28). The summed E-state index contributed by atoms with van der Waals surface area (Å²) in [5.41, 5.74) is 9.36. The van der Waals surface area contributed by atoms with Crippen LogP contribution in [-0.2, 0) is 11.2 Å². The fraction of sp³-hybridized carbons (Fsp3) is 0.381. The van der Waals surface area contributed by atoms with E-state index in [1.165, 1.54) is 0 Å². The van der Waals surface area contributed by atoms with Gasteiger partial charge in [-0.15, -0.1) is 0 Å². The predicted octanol–water partition coefficient (Wildman–Crippen LogP) is 4.61. The van der Waals surface area contributed by atoms with Gasteiger partial charge in [-0.05, 0) is 54.3 Å². The summed E-state index contributed by atoms with van der Waals surface area (Å²) in [6.45, 7) is 6.06. The van der Waals surface area contributed by atoms with E-state index in [-0.39, 0.29) is 5.91 Å². The van der Waals surface area contributed by atoms with Gasteiger partial charge in [-0.3, -0.25) is 4.79 Å². The Morgan fingerprint density at radius 1 is 1.07 bits per heavy atom. The molecular formula is C21H28Cl2N4O. The van der Waals surface area contributed by atoms with Crippen LogP contribution in [0.15, 0.2) is 36.4 Å². The molecule has 0 aliphatic heterocycles. The zero-order valence-corrected chi connectivity index (χ0v) is 17.8. The largest absolute Gasteiger partial charge is 0.385 e. The van der Waals surface area contributed by atoms with Crippen LogP contribution in [0.25, 0.3) is 0 Å². The van der Waals surface area contributed by atoms with Gasteiger partial charge in [-0.1, -0.05) is 43.1 Å². The average molecular weight is 423 g/mol. The van der Waals surface area contributed by atoms with Gasteiger partial charge < -0.3 is 21.7 Å². The maximum absolute atomic E-state index is 13.0. The second-order valence-corrected chi connectivity index (χ2v) is 7.31. The Bertz CT molecular complexity index is 798. The van der Waals surface area contributed by atoms with Gasteiger partial charge in [0, 0.05) is 31.0 Å². The third-order valence-corrected chi connectivity index (χ3v) is 5.09. The summed E-state index contributed by atoms with van der Waals surface area (Å²) in [6, 6.07) is 10.5. The summed E-state index contributed by atoms with van der Waals surface area (Å²) >= 11 is 12.1. The first-order chi connectivity index (χ1) is 13.5. The molecule has 0 aliphatic carbocycles. The Morgan fingerprint density at radius 2 is 1.86 bits per heavy atom. The predicted molar refractivity (Wildman–Crippen MR) is 119 cm³/mol. The molecule has 152 valence electrons. The van der Waals surface area contributed by atoms with E-state index in [0.29, 0.717) is 23.1 Å². The Kier molecular flexibility index (Phi) is 9.06. The molecule has 5 N–H and O–H groups in total. The Morgan fingerprint density at radius 3 is 2.50 bits per heavy atom. The lowest BCUT2D eigenvalue weighted by molar-refractivity contribution is -0.118. The molecule has 2 rings (SSSR count). The third kappa shape index (κ3) is 6.11. The number of amides is 1. The molecule has 0 aromatic heterocycles. The van der Waals surface area contributed by atoms with Crippen LogP contribution >= 0.6 is 23.2 Å². The molecule has 2 aromatic carbocycles. The average Bonchev–Trinajstić information content (AvgIpc) is 2.69. The molecule has 0 saturated heterocycles. The lowest BCUT2D eigenvalue weighted by Gasteiger charge is -2.20. The van der Waals surface area contributed by atoms with Crippen LogP contribution in [0.3, 0.4) is 0 Å². The molecule has 0 heterocycles. The van der Waals surface area contributed by atoms with Gasteiger partial charge in [-0.25, -0.2) is 0 Å². The number of carbonyl (C=O) groups is 1. The molecule has 0 fully saturated rings. The smallest absolute Gasteiger partial charge is 0.246 e. The van der Waals surface area contributed by atoms with E-state index in [4.69, 9.17) is 28.9 Å². The van der Waals surface area contributed by atoms with E-state index in [0.717, 1.165) is 41.9 Å². The fourth-order valence-corrected chi connectivity index (χ4v) is 3.20. The minimum atomic E-state index is -0.582. The first-order valence-corrected chi connectivity index (χ1v) is 10.3. The molecule has 1 unspecified atom stereocenters. The van der Waals surface area contributed by atoms with Crippen molar-refractivity contribution in [1.82, 2.24) is 5.32 Å². The Hall–Kier alpha value is -1.79. The number of hydrogen-bond acceptors (Lipinski definition) is 4. The van der Waals surface area contributed by atoms with Crippen LogP contribution in [0, 0.1) is 0 Å². The van der Waals surface area contributed by atoms with E-state index in [2.05, 4.69) is 29.8 Å². The van der Waals surface area contributed by atoms with Gasteiger partial charge in [0.05, 0.1) is 10.0 Å². The van der Waals surface area contributed by atoms with Crippen LogP contribution in [0.2, 0.25) is 10.0 Å². The van der Waals surface area contributed by atoms with E-state index < -0.39 is 6.04 Å². The summed E-state index contributed by atoms with van der Waals surface area (Å²) in [5.74, 6) is -0.178. The van der Waals surface area contributed by atoms with Crippen LogP contribution in [0.4, 0.5) is 11.4 Å². The zero-order valence-electron chi connectivity index (χ0n) is 16.3. The van der Waals surface area contributed by atoms with Crippen molar-refractivity contribution >= 4 is 40.5 Å². The van der Waals surface area contributed by atoms with Crippen molar-refractivity contribution in [2.75, 3.05) is 30.3 Å². The lowest BCUT2D eigenvalue weighted by atomic mass is 10.1.